The maximum Gasteiger partial charge on any atom is 0.166 e. The monoisotopic (exact) mass is 314 g/mol. The van der Waals surface area contributed by atoms with E-state index in [0.717, 1.165) is 36.7 Å². The summed E-state index contributed by atoms with van der Waals surface area (Å²) in [6.45, 7) is 3.05. The Hall–Kier alpha value is -1.81. The highest BCUT2D eigenvalue weighted by Gasteiger charge is 2.23. The zero-order chi connectivity index (χ0) is 15.5. The molecule has 0 spiro atoms. The predicted octanol–water partition coefficient (Wildman–Crippen LogP) is 3.19. The Bertz CT molecular complexity index is 699. The Morgan fingerprint density at radius 3 is 2.91 bits per heavy atom. The molecule has 0 aliphatic heterocycles. The largest absolute Gasteiger partial charge is 0.496 e. The van der Waals surface area contributed by atoms with Crippen molar-refractivity contribution >= 4 is 28.1 Å². The van der Waals surface area contributed by atoms with Crippen LogP contribution in [0.3, 0.4) is 0 Å². The fourth-order valence-electron chi connectivity index (χ4n) is 3.24. The first-order valence-electron chi connectivity index (χ1n) is 7.84. The molecule has 0 saturated carbocycles. The van der Waals surface area contributed by atoms with E-state index in [1.54, 1.807) is 7.11 Å². The molecule has 1 atom stereocenters. The fraction of sp³-hybridized carbons (Fsp3) is 0.389. The molecule has 2 aromatic carbocycles. The number of benzene rings is 2. The molecule has 1 aliphatic rings. The van der Waals surface area contributed by atoms with Crippen molar-refractivity contribution in [2.24, 2.45) is 0 Å². The molecule has 0 aromatic heterocycles. The third-order valence-corrected chi connectivity index (χ3v) is 4.47. The predicted molar refractivity (Wildman–Crippen MR) is 95.7 cm³/mol. The molecule has 0 bridgehead atoms. The van der Waals surface area contributed by atoms with Gasteiger partial charge in [0.25, 0.3) is 0 Å². The number of ether oxygens (including phenoxy) is 1. The van der Waals surface area contributed by atoms with Gasteiger partial charge in [-0.25, -0.2) is 0 Å². The average Bonchev–Trinajstić information content (AvgIpc) is 2.53. The quantitative estimate of drug-likeness (QED) is 0.849. The molecule has 0 heterocycles. The number of hydrogen-bond acceptors (Lipinski definition) is 2. The lowest BCUT2D eigenvalue weighted by Crippen LogP contribution is -2.45. The van der Waals surface area contributed by atoms with Crippen molar-refractivity contribution in [2.75, 3.05) is 13.7 Å². The van der Waals surface area contributed by atoms with Crippen molar-refractivity contribution in [1.29, 1.82) is 0 Å². The molecule has 0 fully saturated rings. The first-order valence-corrected chi connectivity index (χ1v) is 8.25. The molecule has 116 valence electrons. The molecule has 0 amide bonds. The third kappa shape index (κ3) is 2.88. The van der Waals surface area contributed by atoms with Crippen LogP contribution in [0.25, 0.3) is 10.8 Å². The zero-order valence-electron chi connectivity index (χ0n) is 13.1. The highest BCUT2D eigenvalue weighted by molar-refractivity contribution is 7.80. The Morgan fingerprint density at radius 2 is 2.14 bits per heavy atom. The van der Waals surface area contributed by atoms with E-state index in [9.17, 15) is 0 Å². The number of nitrogens with one attached hydrogen (secondary N) is 2. The van der Waals surface area contributed by atoms with Crippen LogP contribution in [0.2, 0.25) is 0 Å². The molecule has 22 heavy (non-hydrogen) atoms. The summed E-state index contributed by atoms with van der Waals surface area (Å²) in [6.07, 6.45) is 3.00. The smallest absolute Gasteiger partial charge is 0.166 e. The van der Waals surface area contributed by atoms with Gasteiger partial charge in [-0.3, -0.25) is 0 Å². The summed E-state index contributed by atoms with van der Waals surface area (Å²) in [5.74, 6) is 0.971. The molecule has 3 rings (SSSR count). The Labute approximate surface area is 137 Å². The number of methoxy groups -OCH3 is 1. The second-order valence-corrected chi connectivity index (χ2v) is 6.18. The van der Waals surface area contributed by atoms with Crippen LogP contribution in [0.4, 0.5) is 0 Å². The highest BCUT2D eigenvalue weighted by atomic mass is 32.1. The molecule has 0 saturated heterocycles. The van der Waals surface area contributed by atoms with Crippen LogP contribution in [0.15, 0.2) is 30.3 Å². The van der Waals surface area contributed by atoms with Crippen molar-refractivity contribution in [3.8, 4) is 5.75 Å². The van der Waals surface area contributed by atoms with Crippen molar-refractivity contribution in [3.05, 3.63) is 41.5 Å². The van der Waals surface area contributed by atoms with Gasteiger partial charge in [0, 0.05) is 18.2 Å². The van der Waals surface area contributed by atoms with Crippen LogP contribution in [0.1, 0.15) is 24.5 Å². The molecule has 1 aliphatic carbocycles. The van der Waals surface area contributed by atoms with Crippen molar-refractivity contribution in [2.45, 2.75) is 32.2 Å². The van der Waals surface area contributed by atoms with Gasteiger partial charge in [0.1, 0.15) is 5.75 Å². The average molecular weight is 314 g/mol. The minimum absolute atomic E-state index is 0.311. The zero-order valence-corrected chi connectivity index (χ0v) is 13.9. The van der Waals surface area contributed by atoms with Gasteiger partial charge >= 0.3 is 0 Å². The molecular formula is C18H22N2OS. The summed E-state index contributed by atoms with van der Waals surface area (Å²) in [7, 11) is 1.74. The standard InChI is InChI=1S/C18H22N2OS/c1-3-9-19-18(22)20-14-10-13-6-4-5-12-7-8-16(21-2)15(11-14)17(12)13/h4-8,14H,3,9-11H2,1-2H3,(H2,19,20,22). The number of rotatable bonds is 4. The van der Waals surface area contributed by atoms with Gasteiger partial charge in [-0.15, -0.1) is 0 Å². The van der Waals surface area contributed by atoms with Crippen LogP contribution in [0.5, 0.6) is 5.75 Å². The van der Waals surface area contributed by atoms with Gasteiger partial charge in [0.2, 0.25) is 0 Å². The maximum atomic E-state index is 5.58. The summed E-state index contributed by atoms with van der Waals surface area (Å²) in [6, 6.07) is 11.0. The van der Waals surface area contributed by atoms with Crippen LogP contribution < -0.4 is 15.4 Å². The lowest BCUT2D eigenvalue weighted by molar-refractivity contribution is 0.406. The van der Waals surface area contributed by atoms with E-state index in [1.165, 1.54) is 21.9 Å². The van der Waals surface area contributed by atoms with Crippen molar-refractivity contribution in [1.82, 2.24) is 10.6 Å². The van der Waals surface area contributed by atoms with Crippen LogP contribution in [-0.4, -0.2) is 24.8 Å². The normalized spacial score (nSPS) is 16.4. The van der Waals surface area contributed by atoms with Gasteiger partial charge in [0.15, 0.2) is 5.11 Å². The molecule has 2 N–H and O–H groups in total. The second-order valence-electron chi connectivity index (χ2n) is 5.77. The molecule has 1 unspecified atom stereocenters. The van der Waals surface area contributed by atoms with E-state index in [1.807, 2.05) is 0 Å². The number of hydrogen-bond donors (Lipinski definition) is 2. The first-order chi connectivity index (χ1) is 10.7. The van der Waals surface area contributed by atoms with Crippen molar-refractivity contribution < 1.29 is 4.74 Å². The van der Waals surface area contributed by atoms with E-state index in [-0.39, 0.29) is 0 Å². The van der Waals surface area contributed by atoms with Crippen LogP contribution in [-0.2, 0) is 12.8 Å². The van der Waals surface area contributed by atoms with Gasteiger partial charge < -0.3 is 15.4 Å². The van der Waals surface area contributed by atoms with Gasteiger partial charge in [-0.1, -0.05) is 31.2 Å². The minimum atomic E-state index is 0.311. The SMILES string of the molecule is CCCNC(=S)NC1Cc2cccc3ccc(OC)c(c23)C1. The summed E-state index contributed by atoms with van der Waals surface area (Å²) < 4.78 is 5.58. The maximum absolute atomic E-state index is 5.58. The van der Waals surface area contributed by atoms with E-state index in [2.05, 4.69) is 47.9 Å². The Balaban J connectivity index is 1.88. The topological polar surface area (TPSA) is 33.3 Å². The van der Waals surface area contributed by atoms with Gasteiger partial charge in [0.05, 0.1) is 7.11 Å². The van der Waals surface area contributed by atoms with Crippen molar-refractivity contribution in [3.63, 3.8) is 0 Å². The summed E-state index contributed by atoms with van der Waals surface area (Å²) in [5, 5.41) is 10.1. The lowest BCUT2D eigenvalue weighted by Gasteiger charge is -2.28. The van der Waals surface area contributed by atoms with Crippen LogP contribution in [0, 0.1) is 0 Å². The van der Waals surface area contributed by atoms with E-state index < -0.39 is 0 Å². The van der Waals surface area contributed by atoms with E-state index >= 15 is 0 Å². The van der Waals surface area contributed by atoms with E-state index in [4.69, 9.17) is 17.0 Å². The Kier molecular flexibility index (Phi) is 4.48. The summed E-state index contributed by atoms with van der Waals surface area (Å²) >= 11 is 5.39. The second kappa shape index (κ2) is 6.53. The Morgan fingerprint density at radius 1 is 1.27 bits per heavy atom. The fourth-order valence-corrected chi connectivity index (χ4v) is 3.51. The first kappa shape index (κ1) is 15.1. The van der Waals surface area contributed by atoms with Gasteiger partial charge in [-0.2, -0.15) is 0 Å². The lowest BCUT2D eigenvalue weighted by atomic mass is 9.85. The molecule has 2 aromatic rings. The minimum Gasteiger partial charge on any atom is -0.496 e. The molecule has 0 radical (unpaired) electrons. The molecule has 3 nitrogen and oxygen atoms in total. The highest BCUT2D eigenvalue weighted by Crippen LogP contribution is 2.35. The molecule has 4 heteroatoms. The van der Waals surface area contributed by atoms with Gasteiger partial charge in [-0.05, 0) is 53.9 Å². The molecular weight excluding hydrogens is 292 g/mol. The van der Waals surface area contributed by atoms with E-state index in [0.29, 0.717) is 6.04 Å². The summed E-state index contributed by atoms with van der Waals surface area (Å²) in [4.78, 5) is 0. The number of thiocarbonyl (C=S) groups is 1. The van der Waals surface area contributed by atoms with Crippen LogP contribution >= 0.6 is 12.2 Å². The summed E-state index contributed by atoms with van der Waals surface area (Å²) in [5.41, 5.74) is 2.66. The third-order valence-electron chi connectivity index (χ3n) is 4.20.